The van der Waals surface area contributed by atoms with Gasteiger partial charge in [-0.2, -0.15) is 0 Å². The summed E-state index contributed by atoms with van der Waals surface area (Å²) in [4.78, 5) is 11.8. The van der Waals surface area contributed by atoms with Crippen LogP contribution < -0.4 is 4.74 Å². The SMILES string of the molecule is O=C(CCOc1ccc(Br)c(F)c1)c1ccccc1. The Morgan fingerprint density at radius 3 is 2.58 bits per heavy atom. The van der Waals surface area contributed by atoms with Gasteiger partial charge in [-0.3, -0.25) is 4.79 Å². The number of halogens is 2. The molecule has 4 heteroatoms. The molecule has 0 fully saturated rings. The fourth-order valence-corrected chi connectivity index (χ4v) is 1.84. The molecule has 0 bridgehead atoms. The monoisotopic (exact) mass is 322 g/mol. The van der Waals surface area contributed by atoms with Crippen molar-refractivity contribution in [2.24, 2.45) is 0 Å². The minimum absolute atomic E-state index is 0.0122. The highest BCUT2D eigenvalue weighted by molar-refractivity contribution is 9.10. The van der Waals surface area contributed by atoms with Gasteiger partial charge in [-0.05, 0) is 28.1 Å². The maximum absolute atomic E-state index is 13.2. The van der Waals surface area contributed by atoms with Crippen molar-refractivity contribution in [2.45, 2.75) is 6.42 Å². The molecule has 0 aliphatic heterocycles. The molecule has 0 saturated carbocycles. The Kier molecular flexibility index (Phi) is 4.68. The molecule has 19 heavy (non-hydrogen) atoms. The molecule has 2 rings (SSSR count). The lowest BCUT2D eigenvalue weighted by Crippen LogP contribution is -2.06. The fraction of sp³-hybridized carbons (Fsp3) is 0.133. The third-order valence-corrected chi connectivity index (χ3v) is 3.23. The number of Topliss-reactive ketones (excluding diaryl/α,β-unsaturated/α-hetero) is 1. The average molecular weight is 323 g/mol. The van der Waals surface area contributed by atoms with Gasteiger partial charge in [0.15, 0.2) is 5.78 Å². The standard InChI is InChI=1S/C15H12BrFO2/c16-13-7-6-12(10-14(13)17)19-9-8-15(18)11-4-2-1-3-5-11/h1-7,10H,8-9H2. The van der Waals surface area contributed by atoms with Crippen LogP contribution in [0, 0.1) is 5.82 Å². The van der Waals surface area contributed by atoms with E-state index in [0.717, 1.165) is 0 Å². The second kappa shape index (κ2) is 6.48. The first kappa shape index (κ1) is 13.7. The van der Waals surface area contributed by atoms with Crippen molar-refractivity contribution < 1.29 is 13.9 Å². The molecule has 0 unspecified atom stereocenters. The van der Waals surface area contributed by atoms with Crippen LogP contribution >= 0.6 is 15.9 Å². The highest BCUT2D eigenvalue weighted by atomic mass is 79.9. The molecule has 2 nitrogen and oxygen atoms in total. The van der Waals surface area contributed by atoms with Crippen molar-refractivity contribution in [3.63, 3.8) is 0 Å². The van der Waals surface area contributed by atoms with E-state index in [4.69, 9.17) is 4.74 Å². The number of ether oxygens (including phenoxy) is 1. The summed E-state index contributed by atoms with van der Waals surface area (Å²) in [7, 11) is 0. The van der Waals surface area contributed by atoms with Gasteiger partial charge in [-0.25, -0.2) is 4.39 Å². The number of carbonyl (C=O) groups excluding carboxylic acids is 1. The van der Waals surface area contributed by atoms with E-state index in [2.05, 4.69) is 15.9 Å². The molecule has 0 N–H and O–H groups in total. The lowest BCUT2D eigenvalue weighted by molar-refractivity contribution is 0.0962. The molecular weight excluding hydrogens is 311 g/mol. The second-order valence-corrected chi connectivity index (χ2v) is 4.82. The van der Waals surface area contributed by atoms with Gasteiger partial charge in [0.1, 0.15) is 11.6 Å². The molecule has 0 radical (unpaired) electrons. The minimum Gasteiger partial charge on any atom is -0.493 e. The highest BCUT2D eigenvalue weighted by Crippen LogP contribution is 2.21. The van der Waals surface area contributed by atoms with Gasteiger partial charge < -0.3 is 4.74 Å². The van der Waals surface area contributed by atoms with E-state index in [1.807, 2.05) is 18.2 Å². The summed E-state index contributed by atoms with van der Waals surface area (Å²) in [5.74, 6) is 0.0478. The Morgan fingerprint density at radius 1 is 1.16 bits per heavy atom. The smallest absolute Gasteiger partial charge is 0.166 e. The Labute approximate surface area is 119 Å². The van der Waals surface area contributed by atoms with Crippen molar-refractivity contribution in [2.75, 3.05) is 6.61 Å². The summed E-state index contributed by atoms with van der Waals surface area (Å²) in [5.41, 5.74) is 0.660. The first-order chi connectivity index (χ1) is 9.16. The van der Waals surface area contributed by atoms with E-state index in [1.54, 1.807) is 24.3 Å². The highest BCUT2D eigenvalue weighted by Gasteiger charge is 2.06. The van der Waals surface area contributed by atoms with Gasteiger partial charge >= 0.3 is 0 Å². The summed E-state index contributed by atoms with van der Waals surface area (Å²) >= 11 is 3.07. The van der Waals surface area contributed by atoms with E-state index in [0.29, 0.717) is 15.8 Å². The predicted molar refractivity (Wildman–Crippen MR) is 75.0 cm³/mol. The topological polar surface area (TPSA) is 26.3 Å². The molecule has 0 amide bonds. The summed E-state index contributed by atoms with van der Waals surface area (Å²) in [6, 6.07) is 13.5. The third kappa shape index (κ3) is 3.89. The van der Waals surface area contributed by atoms with Gasteiger partial charge in [0.05, 0.1) is 11.1 Å². The summed E-state index contributed by atoms with van der Waals surface area (Å²) in [5, 5.41) is 0. The largest absolute Gasteiger partial charge is 0.493 e. The van der Waals surface area contributed by atoms with Gasteiger partial charge in [-0.15, -0.1) is 0 Å². The molecular formula is C15H12BrFO2. The van der Waals surface area contributed by atoms with Crippen molar-refractivity contribution >= 4 is 21.7 Å². The van der Waals surface area contributed by atoms with Gasteiger partial charge in [0.2, 0.25) is 0 Å². The minimum atomic E-state index is -0.383. The molecule has 2 aromatic carbocycles. The lowest BCUT2D eigenvalue weighted by Gasteiger charge is -2.06. The third-order valence-electron chi connectivity index (χ3n) is 2.58. The molecule has 0 spiro atoms. The van der Waals surface area contributed by atoms with E-state index < -0.39 is 0 Å². The first-order valence-electron chi connectivity index (χ1n) is 5.83. The number of rotatable bonds is 5. The Hall–Kier alpha value is -1.68. The van der Waals surface area contributed by atoms with Crippen LogP contribution in [0.3, 0.4) is 0 Å². The van der Waals surface area contributed by atoms with Crippen LogP contribution in [-0.2, 0) is 0 Å². The van der Waals surface area contributed by atoms with Crippen LogP contribution in [0.1, 0.15) is 16.8 Å². The van der Waals surface area contributed by atoms with Crippen molar-refractivity contribution in [3.8, 4) is 5.75 Å². The van der Waals surface area contributed by atoms with E-state index >= 15 is 0 Å². The van der Waals surface area contributed by atoms with Gasteiger partial charge in [-0.1, -0.05) is 30.3 Å². The van der Waals surface area contributed by atoms with Crippen molar-refractivity contribution in [1.82, 2.24) is 0 Å². The van der Waals surface area contributed by atoms with Crippen molar-refractivity contribution in [3.05, 3.63) is 64.4 Å². The van der Waals surface area contributed by atoms with Crippen LogP contribution in [0.5, 0.6) is 5.75 Å². The summed E-state index contributed by atoms with van der Waals surface area (Å²) in [6.45, 7) is 0.231. The Morgan fingerprint density at radius 2 is 1.89 bits per heavy atom. The maximum atomic E-state index is 13.2. The van der Waals surface area contributed by atoms with E-state index in [-0.39, 0.29) is 24.6 Å². The summed E-state index contributed by atoms with van der Waals surface area (Å²) in [6.07, 6.45) is 0.266. The van der Waals surface area contributed by atoms with Gasteiger partial charge in [0.25, 0.3) is 0 Å². The maximum Gasteiger partial charge on any atom is 0.166 e. The van der Waals surface area contributed by atoms with E-state index in [1.165, 1.54) is 6.07 Å². The van der Waals surface area contributed by atoms with Crippen molar-refractivity contribution in [1.29, 1.82) is 0 Å². The normalized spacial score (nSPS) is 10.2. The molecule has 0 aromatic heterocycles. The van der Waals surface area contributed by atoms with Crippen LogP contribution in [0.4, 0.5) is 4.39 Å². The zero-order chi connectivity index (χ0) is 13.7. The van der Waals surface area contributed by atoms with Crippen LogP contribution in [-0.4, -0.2) is 12.4 Å². The number of ketones is 1. The summed E-state index contributed by atoms with van der Waals surface area (Å²) < 4.78 is 19.0. The quantitative estimate of drug-likeness (QED) is 0.769. The molecule has 0 aliphatic carbocycles. The number of benzene rings is 2. The van der Waals surface area contributed by atoms with Crippen LogP contribution in [0.25, 0.3) is 0 Å². The zero-order valence-electron chi connectivity index (χ0n) is 10.1. The van der Waals surface area contributed by atoms with Gasteiger partial charge in [0, 0.05) is 18.1 Å². The average Bonchev–Trinajstić information content (AvgIpc) is 2.43. The van der Waals surface area contributed by atoms with Crippen LogP contribution in [0.15, 0.2) is 53.0 Å². The lowest BCUT2D eigenvalue weighted by atomic mass is 10.1. The first-order valence-corrected chi connectivity index (χ1v) is 6.62. The molecule has 98 valence electrons. The Bertz CT molecular complexity index is 570. The number of carbonyl (C=O) groups is 1. The number of hydrogen-bond donors (Lipinski definition) is 0. The molecule has 0 saturated heterocycles. The molecule has 0 aliphatic rings. The van der Waals surface area contributed by atoms with E-state index in [9.17, 15) is 9.18 Å². The zero-order valence-corrected chi connectivity index (χ0v) is 11.7. The van der Waals surface area contributed by atoms with Crippen LogP contribution in [0.2, 0.25) is 0 Å². The number of hydrogen-bond acceptors (Lipinski definition) is 2. The Balaban J connectivity index is 1.87. The molecule has 0 heterocycles. The molecule has 0 atom stereocenters. The molecule has 2 aromatic rings. The predicted octanol–water partition coefficient (Wildman–Crippen LogP) is 4.24. The fourth-order valence-electron chi connectivity index (χ4n) is 1.60. The second-order valence-electron chi connectivity index (χ2n) is 3.96.